The van der Waals surface area contributed by atoms with E-state index in [2.05, 4.69) is 4.98 Å². The molecular weight excluding hydrogens is 279 g/mol. The lowest BCUT2D eigenvalue weighted by atomic mass is 9.99. The van der Waals surface area contributed by atoms with E-state index in [0.29, 0.717) is 16.5 Å². The predicted molar refractivity (Wildman–Crippen MR) is 80.8 cm³/mol. The second-order valence-electron chi connectivity index (χ2n) is 4.73. The number of pyridine rings is 1. The van der Waals surface area contributed by atoms with Crippen molar-refractivity contribution in [3.05, 3.63) is 62.9 Å². The van der Waals surface area contributed by atoms with Crippen LogP contribution in [-0.2, 0) is 6.42 Å². The largest absolute Gasteiger partial charge is 0.324 e. The van der Waals surface area contributed by atoms with E-state index in [0.717, 1.165) is 22.5 Å². The molecule has 0 radical (unpaired) electrons. The van der Waals surface area contributed by atoms with Crippen LogP contribution in [0.5, 0.6) is 0 Å². The zero-order valence-electron chi connectivity index (χ0n) is 11.0. The summed E-state index contributed by atoms with van der Waals surface area (Å²) < 4.78 is 0. The van der Waals surface area contributed by atoms with Crippen molar-refractivity contribution in [3.63, 3.8) is 0 Å². The molecule has 1 aromatic heterocycles. The molecule has 2 aromatic rings. The average Bonchev–Trinajstić information content (AvgIpc) is 2.31. The van der Waals surface area contributed by atoms with Gasteiger partial charge in [-0.3, -0.25) is 4.98 Å². The van der Waals surface area contributed by atoms with Gasteiger partial charge < -0.3 is 5.73 Å². The van der Waals surface area contributed by atoms with Gasteiger partial charge in [-0.15, -0.1) is 0 Å². The van der Waals surface area contributed by atoms with Crippen molar-refractivity contribution in [1.29, 1.82) is 0 Å². The summed E-state index contributed by atoms with van der Waals surface area (Å²) in [5.74, 6) is 0. The summed E-state index contributed by atoms with van der Waals surface area (Å²) >= 11 is 12.1. The van der Waals surface area contributed by atoms with E-state index >= 15 is 0 Å². The molecule has 2 nitrogen and oxygen atoms in total. The molecule has 0 spiro atoms. The van der Waals surface area contributed by atoms with Crippen LogP contribution in [0.25, 0.3) is 0 Å². The Morgan fingerprint density at radius 1 is 1.11 bits per heavy atom. The fraction of sp³-hybridized carbons (Fsp3) is 0.267. The van der Waals surface area contributed by atoms with Gasteiger partial charge in [0.1, 0.15) is 0 Å². The smallest absolute Gasteiger partial charge is 0.0453 e. The monoisotopic (exact) mass is 294 g/mol. The third kappa shape index (κ3) is 3.69. The second-order valence-corrected chi connectivity index (χ2v) is 5.57. The number of rotatable bonds is 3. The number of nitrogens with two attached hydrogens (primary N) is 1. The molecule has 1 aromatic carbocycles. The van der Waals surface area contributed by atoms with Gasteiger partial charge in [0.15, 0.2) is 0 Å². The molecule has 0 amide bonds. The van der Waals surface area contributed by atoms with E-state index in [4.69, 9.17) is 28.9 Å². The number of benzene rings is 1. The molecular formula is C15H16Cl2N2. The van der Waals surface area contributed by atoms with E-state index in [1.54, 1.807) is 6.07 Å². The molecule has 2 rings (SSSR count). The van der Waals surface area contributed by atoms with E-state index in [9.17, 15) is 0 Å². The van der Waals surface area contributed by atoms with Crippen LogP contribution >= 0.6 is 23.2 Å². The van der Waals surface area contributed by atoms with Crippen LogP contribution in [0.15, 0.2) is 30.3 Å². The lowest BCUT2D eigenvalue weighted by molar-refractivity contribution is 0.718. The molecule has 0 aliphatic carbocycles. The molecule has 2 N–H and O–H groups in total. The van der Waals surface area contributed by atoms with Crippen LogP contribution in [0.4, 0.5) is 0 Å². The number of nitrogens with zero attached hydrogens (tertiary/aromatic N) is 1. The van der Waals surface area contributed by atoms with Crippen molar-refractivity contribution in [1.82, 2.24) is 4.98 Å². The molecule has 1 atom stereocenters. The van der Waals surface area contributed by atoms with Crippen molar-refractivity contribution in [2.24, 2.45) is 5.73 Å². The highest BCUT2D eigenvalue weighted by Gasteiger charge is 2.11. The molecule has 0 saturated carbocycles. The van der Waals surface area contributed by atoms with Crippen molar-refractivity contribution in [2.45, 2.75) is 26.3 Å². The van der Waals surface area contributed by atoms with Crippen molar-refractivity contribution >= 4 is 23.2 Å². The Kier molecular flexibility index (Phi) is 4.46. The predicted octanol–water partition coefficient (Wildman–Crippen LogP) is 4.25. The average molecular weight is 295 g/mol. The molecule has 0 bridgehead atoms. The quantitative estimate of drug-likeness (QED) is 0.919. The van der Waals surface area contributed by atoms with E-state index in [1.807, 2.05) is 38.1 Å². The first-order chi connectivity index (χ1) is 8.95. The van der Waals surface area contributed by atoms with Gasteiger partial charge in [0.25, 0.3) is 0 Å². The fourth-order valence-corrected chi connectivity index (χ4v) is 2.61. The Labute approximate surface area is 123 Å². The van der Waals surface area contributed by atoms with Crippen molar-refractivity contribution in [2.75, 3.05) is 0 Å². The molecule has 19 heavy (non-hydrogen) atoms. The van der Waals surface area contributed by atoms with E-state index in [-0.39, 0.29) is 6.04 Å². The van der Waals surface area contributed by atoms with E-state index in [1.165, 1.54) is 0 Å². The van der Waals surface area contributed by atoms with Crippen LogP contribution in [-0.4, -0.2) is 4.98 Å². The third-order valence-corrected chi connectivity index (χ3v) is 3.57. The molecule has 4 heteroatoms. The van der Waals surface area contributed by atoms with E-state index < -0.39 is 0 Å². The van der Waals surface area contributed by atoms with Gasteiger partial charge in [0.2, 0.25) is 0 Å². The SMILES string of the molecule is Cc1cc(C(N)Cc2ccc(Cl)cc2Cl)cc(C)n1. The lowest BCUT2D eigenvalue weighted by Gasteiger charge is -2.14. The topological polar surface area (TPSA) is 38.9 Å². The van der Waals surface area contributed by atoms with Gasteiger partial charge in [-0.2, -0.15) is 0 Å². The maximum absolute atomic E-state index is 6.25. The zero-order valence-corrected chi connectivity index (χ0v) is 12.5. The molecule has 0 saturated heterocycles. The normalized spacial score (nSPS) is 12.5. The highest BCUT2D eigenvalue weighted by molar-refractivity contribution is 6.35. The summed E-state index contributed by atoms with van der Waals surface area (Å²) in [5.41, 5.74) is 10.3. The maximum atomic E-state index is 6.25. The minimum atomic E-state index is -0.0981. The van der Waals surface area contributed by atoms with Crippen LogP contribution in [0.2, 0.25) is 10.0 Å². The molecule has 1 unspecified atom stereocenters. The van der Waals surface area contributed by atoms with Gasteiger partial charge in [-0.25, -0.2) is 0 Å². The molecule has 0 aliphatic heterocycles. The minimum absolute atomic E-state index is 0.0981. The first-order valence-electron chi connectivity index (χ1n) is 6.10. The summed E-state index contributed by atoms with van der Waals surface area (Å²) in [6, 6.07) is 9.43. The molecule has 1 heterocycles. The summed E-state index contributed by atoms with van der Waals surface area (Å²) in [4.78, 5) is 4.35. The van der Waals surface area contributed by atoms with Crippen molar-refractivity contribution < 1.29 is 0 Å². The molecule has 0 fully saturated rings. The lowest BCUT2D eigenvalue weighted by Crippen LogP contribution is -2.14. The first kappa shape index (κ1) is 14.3. The summed E-state index contributed by atoms with van der Waals surface area (Å²) in [6.45, 7) is 3.94. The Balaban J connectivity index is 2.22. The van der Waals surface area contributed by atoms with Crippen molar-refractivity contribution in [3.8, 4) is 0 Å². The number of aryl methyl sites for hydroxylation is 2. The second kappa shape index (κ2) is 5.91. The highest BCUT2D eigenvalue weighted by Crippen LogP contribution is 2.25. The Hall–Kier alpha value is -1.09. The van der Waals surface area contributed by atoms with Crippen LogP contribution in [0.3, 0.4) is 0 Å². The number of aromatic nitrogens is 1. The standard InChI is InChI=1S/C15H16Cl2N2/c1-9-5-12(6-10(2)19-9)15(18)7-11-3-4-13(16)8-14(11)17/h3-6,8,15H,7,18H2,1-2H3. The van der Waals surface area contributed by atoms with Crippen LogP contribution in [0, 0.1) is 13.8 Å². The van der Waals surface area contributed by atoms with Crippen LogP contribution < -0.4 is 5.73 Å². The third-order valence-electron chi connectivity index (χ3n) is 2.99. The molecule has 0 aliphatic rings. The van der Waals surface area contributed by atoms with Gasteiger partial charge in [-0.1, -0.05) is 29.3 Å². The number of halogens is 2. The highest BCUT2D eigenvalue weighted by atomic mass is 35.5. The van der Waals surface area contributed by atoms with Gasteiger partial charge in [0.05, 0.1) is 0 Å². The fourth-order valence-electron chi connectivity index (χ4n) is 2.12. The number of hydrogen-bond donors (Lipinski definition) is 1. The maximum Gasteiger partial charge on any atom is 0.0453 e. The molecule has 100 valence electrons. The summed E-state index contributed by atoms with van der Waals surface area (Å²) in [6.07, 6.45) is 0.679. The van der Waals surface area contributed by atoms with Gasteiger partial charge in [0, 0.05) is 27.5 Å². The number of hydrogen-bond acceptors (Lipinski definition) is 2. The Morgan fingerprint density at radius 2 is 1.74 bits per heavy atom. The Morgan fingerprint density at radius 3 is 2.32 bits per heavy atom. The Bertz CT molecular complexity index is 576. The van der Waals surface area contributed by atoms with Gasteiger partial charge >= 0.3 is 0 Å². The minimum Gasteiger partial charge on any atom is -0.324 e. The summed E-state index contributed by atoms with van der Waals surface area (Å²) in [7, 11) is 0. The summed E-state index contributed by atoms with van der Waals surface area (Å²) in [5, 5.41) is 1.29. The van der Waals surface area contributed by atoms with Gasteiger partial charge in [-0.05, 0) is 55.7 Å². The van der Waals surface area contributed by atoms with Crippen LogP contribution in [0.1, 0.15) is 28.6 Å². The first-order valence-corrected chi connectivity index (χ1v) is 6.86. The zero-order chi connectivity index (χ0) is 14.0.